The van der Waals surface area contributed by atoms with Crippen molar-refractivity contribution < 1.29 is 31.9 Å². The van der Waals surface area contributed by atoms with Gasteiger partial charge in [-0.1, -0.05) is 103 Å². The van der Waals surface area contributed by atoms with Crippen LogP contribution in [-0.2, 0) is 29.1 Å². The summed E-state index contributed by atoms with van der Waals surface area (Å²) in [5.74, 6) is -0.193. The van der Waals surface area contributed by atoms with E-state index in [0.717, 1.165) is 91.1 Å². The largest absolute Gasteiger partial charge is 0.381 e. The van der Waals surface area contributed by atoms with Gasteiger partial charge in [-0.15, -0.1) is 0 Å². The van der Waals surface area contributed by atoms with E-state index < -0.39 is 10.1 Å². The number of hydrogen-bond acceptors (Lipinski definition) is 7. The molecule has 0 bridgehead atoms. The van der Waals surface area contributed by atoms with Gasteiger partial charge in [0.15, 0.2) is 0 Å². The summed E-state index contributed by atoms with van der Waals surface area (Å²) in [7, 11) is -3.85. The number of unbranched alkanes of at least 4 members (excludes halogenated alkanes) is 19. The van der Waals surface area contributed by atoms with Gasteiger partial charge in [-0.05, 0) is 91.0 Å². The molecule has 0 aromatic rings. The van der Waals surface area contributed by atoms with E-state index in [-0.39, 0.29) is 11.3 Å². The highest BCUT2D eigenvalue weighted by atomic mass is 32.2. The predicted octanol–water partition coefficient (Wildman–Crippen LogP) is 10.5. The van der Waals surface area contributed by atoms with Crippen LogP contribution in [0.25, 0.3) is 0 Å². The first-order valence-corrected chi connectivity index (χ1v) is 22.4. The van der Waals surface area contributed by atoms with Crippen molar-refractivity contribution in [2.45, 2.75) is 193 Å². The summed E-state index contributed by atoms with van der Waals surface area (Å²) in [6, 6.07) is 0. The minimum atomic E-state index is -3.85. The molecule has 9 heteroatoms. The van der Waals surface area contributed by atoms with E-state index in [9.17, 15) is 8.42 Å². The van der Waals surface area contributed by atoms with Crippen molar-refractivity contribution in [3.05, 3.63) is 0 Å². The monoisotopic (exact) mass is 722 g/mol. The van der Waals surface area contributed by atoms with E-state index in [1.54, 1.807) is 0 Å². The lowest BCUT2D eigenvalue weighted by Gasteiger charge is -2.26. The zero-order chi connectivity index (χ0) is 36.0. The van der Waals surface area contributed by atoms with Gasteiger partial charge in [0.05, 0.1) is 5.75 Å². The van der Waals surface area contributed by atoms with Crippen LogP contribution in [0.15, 0.2) is 0 Å². The zero-order valence-corrected chi connectivity index (χ0v) is 33.6. The molecule has 0 heterocycles. The van der Waals surface area contributed by atoms with Crippen LogP contribution < -0.4 is 5.32 Å². The molecule has 8 nitrogen and oxygen atoms in total. The molecule has 0 amide bonds. The van der Waals surface area contributed by atoms with Crippen LogP contribution in [0.5, 0.6) is 0 Å². The molecule has 296 valence electrons. The maximum atomic E-state index is 10.6. The first-order valence-electron chi connectivity index (χ1n) is 20.8. The Bertz CT molecular complexity index is 751. The molecule has 0 aliphatic heterocycles. The molecule has 0 rings (SSSR count). The van der Waals surface area contributed by atoms with E-state index in [4.69, 9.17) is 23.5 Å². The highest BCUT2D eigenvalue weighted by molar-refractivity contribution is 7.85. The summed E-state index contributed by atoms with van der Waals surface area (Å²) in [6.45, 7) is 14.1. The second-order valence-electron chi connectivity index (χ2n) is 14.8. The van der Waals surface area contributed by atoms with Crippen LogP contribution in [-0.4, -0.2) is 83.7 Å². The normalized spacial score (nSPS) is 12.3. The van der Waals surface area contributed by atoms with E-state index in [0.29, 0.717) is 26.1 Å². The predicted molar refractivity (Wildman–Crippen MR) is 207 cm³/mol. The molecule has 0 spiro atoms. The van der Waals surface area contributed by atoms with Crippen molar-refractivity contribution in [2.75, 3.05) is 65.2 Å². The fraction of sp³-hybridized carbons (Fsp3) is 1.00. The van der Waals surface area contributed by atoms with E-state index >= 15 is 0 Å². The molecule has 0 radical (unpaired) electrons. The number of ether oxygens (including phenoxy) is 4. The summed E-state index contributed by atoms with van der Waals surface area (Å²) < 4.78 is 52.6. The Kier molecular flexibility index (Phi) is 37.2. The topological polar surface area (TPSA) is 103 Å². The van der Waals surface area contributed by atoms with Crippen LogP contribution in [0, 0.1) is 0 Å². The van der Waals surface area contributed by atoms with Gasteiger partial charge in [-0.2, -0.15) is 8.42 Å². The Labute approximate surface area is 305 Å². The summed E-state index contributed by atoms with van der Waals surface area (Å²) in [5, 5.41) is 3.77. The first kappa shape index (κ1) is 48.7. The molecule has 0 aromatic carbocycles. The van der Waals surface area contributed by atoms with Crippen LogP contribution >= 0.6 is 0 Å². The standard InChI is InChI=1S/C40H83NO7S/c1-4-5-6-7-8-9-10-11-12-13-14-15-16-17-18-29-40(2,3)41-30-19-20-31-45-32-21-22-33-46-34-23-24-35-47-36-25-26-37-48-38-27-28-39-49(42,43)44/h41H,4-39H2,1-3H3,(H,42,43,44). The first-order chi connectivity index (χ1) is 23.8. The Morgan fingerprint density at radius 1 is 0.449 bits per heavy atom. The van der Waals surface area contributed by atoms with Crippen molar-refractivity contribution in [2.24, 2.45) is 0 Å². The van der Waals surface area contributed by atoms with E-state index in [2.05, 4.69) is 26.1 Å². The van der Waals surface area contributed by atoms with Crippen molar-refractivity contribution in [3.8, 4) is 0 Å². The Hall–Kier alpha value is -0.290. The second-order valence-corrected chi connectivity index (χ2v) is 16.4. The zero-order valence-electron chi connectivity index (χ0n) is 32.8. The van der Waals surface area contributed by atoms with Gasteiger partial charge in [-0.25, -0.2) is 0 Å². The van der Waals surface area contributed by atoms with E-state index in [1.807, 2.05) is 0 Å². The smallest absolute Gasteiger partial charge is 0.264 e. The summed E-state index contributed by atoms with van der Waals surface area (Å²) in [4.78, 5) is 0. The van der Waals surface area contributed by atoms with Crippen molar-refractivity contribution in [3.63, 3.8) is 0 Å². The number of hydrogen-bond donors (Lipinski definition) is 2. The molecule has 0 aliphatic carbocycles. The van der Waals surface area contributed by atoms with Crippen LogP contribution in [0.1, 0.15) is 188 Å². The van der Waals surface area contributed by atoms with Crippen LogP contribution in [0.3, 0.4) is 0 Å². The van der Waals surface area contributed by atoms with Gasteiger partial charge >= 0.3 is 0 Å². The highest BCUT2D eigenvalue weighted by Crippen LogP contribution is 2.17. The van der Waals surface area contributed by atoms with Crippen molar-refractivity contribution in [1.29, 1.82) is 0 Å². The summed E-state index contributed by atoms with van der Waals surface area (Å²) in [6.07, 6.45) is 32.0. The molecule has 2 N–H and O–H groups in total. The third-order valence-electron chi connectivity index (χ3n) is 9.15. The molecule has 0 saturated carbocycles. The molecule has 49 heavy (non-hydrogen) atoms. The summed E-state index contributed by atoms with van der Waals surface area (Å²) in [5.41, 5.74) is 0.238. The minimum absolute atomic E-state index is 0.193. The maximum absolute atomic E-state index is 10.6. The average Bonchev–Trinajstić information content (AvgIpc) is 3.06. The van der Waals surface area contributed by atoms with Crippen molar-refractivity contribution in [1.82, 2.24) is 5.32 Å². The third-order valence-corrected chi connectivity index (χ3v) is 9.95. The number of rotatable bonds is 42. The Morgan fingerprint density at radius 3 is 1.10 bits per heavy atom. The Morgan fingerprint density at radius 2 is 0.755 bits per heavy atom. The molecular weight excluding hydrogens is 639 g/mol. The average molecular weight is 722 g/mol. The molecule has 0 atom stereocenters. The number of nitrogens with one attached hydrogen (secondary N) is 1. The fourth-order valence-corrected chi connectivity index (χ4v) is 6.47. The summed E-state index contributed by atoms with van der Waals surface area (Å²) >= 11 is 0. The molecule has 0 fully saturated rings. The molecule has 0 saturated heterocycles. The maximum Gasteiger partial charge on any atom is 0.264 e. The molecule has 0 aromatic heterocycles. The van der Waals surface area contributed by atoms with Crippen LogP contribution in [0.4, 0.5) is 0 Å². The van der Waals surface area contributed by atoms with Gasteiger partial charge in [0.25, 0.3) is 10.1 Å². The second kappa shape index (κ2) is 37.5. The highest BCUT2D eigenvalue weighted by Gasteiger charge is 2.15. The van der Waals surface area contributed by atoms with Gasteiger partial charge in [-0.3, -0.25) is 4.55 Å². The van der Waals surface area contributed by atoms with Gasteiger partial charge in [0.2, 0.25) is 0 Å². The third kappa shape index (κ3) is 43.8. The van der Waals surface area contributed by atoms with Gasteiger partial charge < -0.3 is 24.3 Å². The molecular formula is C40H83NO7S. The lowest BCUT2D eigenvalue weighted by atomic mass is 9.95. The SMILES string of the molecule is CCCCCCCCCCCCCCCCCC(C)(C)NCCCCOCCCCOCCCCOCCCCOCCCCS(=O)(=O)O. The fourth-order valence-electron chi connectivity index (χ4n) is 5.90. The quantitative estimate of drug-likeness (QED) is 0.0474. The Balaban J connectivity index is 3.25. The lowest BCUT2D eigenvalue weighted by Crippen LogP contribution is -2.39. The minimum Gasteiger partial charge on any atom is -0.381 e. The van der Waals surface area contributed by atoms with Gasteiger partial charge in [0.1, 0.15) is 0 Å². The lowest BCUT2D eigenvalue weighted by molar-refractivity contribution is 0.0843. The molecule has 0 unspecified atom stereocenters. The molecule has 0 aliphatic rings. The van der Waals surface area contributed by atoms with Gasteiger partial charge in [0, 0.05) is 58.4 Å². The van der Waals surface area contributed by atoms with Crippen molar-refractivity contribution >= 4 is 10.1 Å². The van der Waals surface area contributed by atoms with E-state index in [1.165, 1.54) is 109 Å². The van der Waals surface area contributed by atoms with Crippen LogP contribution in [0.2, 0.25) is 0 Å².